The van der Waals surface area contributed by atoms with E-state index in [4.69, 9.17) is 20.2 Å². The number of aryl methyl sites for hydroxylation is 4. The number of ketones is 1. The standard InChI is InChI=1S/C21H34N4O2.C12H19N3.C9H15NO3.CH4/c1-2-27-20(26)16-25-14-10-18(11-15-25)22-12-4-3-7-19-9-8-17-6-5-13-23-21(17)24-19;13-8-2-1-5-11-7-6-10-4-3-9-14-12(10)15-11;1-2-13-9(12)7-10-5-3-8(11)4-6-10;/h8-9,18,22H,2-7,10-16H2,1H3,(H,23,24);6-7H,1-5,8-9,13H2,(H,14,15);2-7H2,1H3;1H4. The van der Waals surface area contributed by atoms with Gasteiger partial charge in [0.2, 0.25) is 0 Å². The molecule has 4 aliphatic rings. The molecule has 13 nitrogen and oxygen atoms in total. The van der Waals surface area contributed by atoms with E-state index in [1.54, 1.807) is 6.92 Å². The first kappa shape index (κ1) is 46.7. The number of esters is 2. The van der Waals surface area contributed by atoms with Gasteiger partial charge in [-0.15, -0.1) is 0 Å². The van der Waals surface area contributed by atoms with E-state index in [9.17, 15) is 14.4 Å². The molecule has 2 saturated heterocycles. The van der Waals surface area contributed by atoms with E-state index in [1.165, 1.54) is 54.6 Å². The van der Waals surface area contributed by atoms with Crippen molar-refractivity contribution < 1.29 is 23.9 Å². The third-order valence-corrected chi connectivity index (χ3v) is 10.4. The first-order valence-corrected chi connectivity index (χ1v) is 21.0. The van der Waals surface area contributed by atoms with E-state index >= 15 is 0 Å². The number of fused-ring (bicyclic) bond motifs is 2. The van der Waals surface area contributed by atoms with Gasteiger partial charge in [0.15, 0.2) is 0 Å². The van der Waals surface area contributed by atoms with Crippen molar-refractivity contribution in [2.45, 2.75) is 117 Å². The molecule has 2 aromatic heterocycles. The molecule has 0 unspecified atom stereocenters. The average molecular weight is 781 g/mol. The predicted octanol–water partition coefficient (Wildman–Crippen LogP) is 4.95. The number of aromatic nitrogens is 2. The summed E-state index contributed by atoms with van der Waals surface area (Å²) in [4.78, 5) is 47.0. The number of unbranched alkanes of at least 4 members (excludes halogenated alkanes) is 2. The molecule has 6 rings (SSSR count). The Labute approximate surface area is 336 Å². The maximum Gasteiger partial charge on any atom is 0.320 e. The van der Waals surface area contributed by atoms with Crippen LogP contribution in [-0.4, -0.2) is 122 Å². The summed E-state index contributed by atoms with van der Waals surface area (Å²) in [5, 5.41) is 10.5. The number of hydrogen-bond acceptors (Lipinski definition) is 13. The highest BCUT2D eigenvalue weighted by molar-refractivity contribution is 5.80. The number of likely N-dealkylation sites (tertiary alicyclic amines) is 2. The lowest BCUT2D eigenvalue weighted by atomic mass is 10.0. The summed E-state index contributed by atoms with van der Waals surface area (Å²) in [5.41, 5.74) is 10.6. The van der Waals surface area contributed by atoms with E-state index < -0.39 is 0 Å². The van der Waals surface area contributed by atoms with Crippen molar-refractivity contribution in [2.75, 3.05) is 89.3 Å². The zero-order chi connectivity index (χ0) is 39.1. The minimum atomic E-state index is -0.197. The number of hydrogen-bond donors (Lipinski definition) is 4. The smallest absolute Gasteiger partial charge is 0.320 e. The van der Waals surface area contributed by atoms with Gasteiger partial charge in [0, 0.05) is 69.5 Å². The number of pyridine rings is 2. The van der Waals surface area contributed by atoms with E-state index in [2.05, 4.69) is 50.1 Å². The summed E-state index contributed by atoms with van der Waals surface area (Å²) >= 11 is 0. The monoisotopic (exact) mass is 781 g/mol. The van der Waals surface area contributed by atoms with Crippen LogP contribution in [-0.2, 0) is 49.5 Å². The molecule has 0 aliphatic carbocycles. The summed E-state index contributed by atoms with van der Waals surface area (Å²) in [6, 6.07) is 9.38. The molecule has 314 valence electrons. The zero-order valence-electron chi connectivity index (χ0n) is 33.7. The molecule has 0 atom stereocenters. The normalized spacial score (nSPS) is 16.9. The minimum Gasteiger partial charge on any atom is -0.465 e. The molecule has 13 heteroatoms. The maximum atomic E-state index is 11.5. The first-order valence-electron chi connectivity index (χ1n) is 21.0. The van der Waals surface area contributed by atoms with Gasteiger partial charge in [-0.25, -0.2) is 9.97 Å². The van der Waals surface area contributed by atoms with Gasteiger partial charge in [-0.2, -0.15) is 0 Å². The van der Waals surface area contributed by atoms with Gasteiger partial charge in [0.25, 0.3) is 0 Å². The number of nitrogens with zero attached hydrogens (tertiary/aromatic N) is 4. The fourth-order valence-corrected chi connectivity index (χ4v) is 7.24. The average Bonchev–Trinajstić information content (AvgIpc) is 3.20. The molecular formula is C43H72N8O5. The summed E-state index contributed by atoms with van der Waals surface area (Å²) in [6.07, 6.45) is 14.8. The predicted molar refractivity (Wildman–Crippen MR) is 225 cm³/mol. The van der Waals surface area contributed by atoms with Gasteiger partial charge < -0.3 is 31.2 Å². The van der Waals surface area contributed by atoms with Crippen molar-refractivity contribution in [3.63, 3.8) is 0 Å². The Kier molecular flexibility index (Phi) is 22.6. The molecule has 0 saturated carbocycles. The van der Waals surface area contributed by atoms with Crippen molar-refractivity contribution >= 4 is 29.4 Å². The van der Waals surface area contributed by atoms with Crippen LogP contribution in [0.25, 0.3) is 0 Å². The molecule has 6 heterocycles. The van der Waals surface area contributed by atoms with Crippen LogP contribution in [0.15, 0.2) is 24.3 Å². The maximum absolute atomic E-state index is 11.5. The second-order valence-corrected chi connectivity index (χ2v) is 14.8. The van der Waals surface area contributed by atoms with E-state index in [-0.39, 0.29) is 19.4 Å². The van der Waals surface area contributed by atoms with Gasteiger partial charge in [-0.05, 0) is 127 Å². The second-order valence-electron chi connectivity index (χ2n) is 14.8. The highest BCUT2D eigenvalue weighted by Gasteiger charge is 2.21. The molecule has 5 N–H and O–H groups in total. The van der Waals surface area contributed by atoms with Crippen LogP contribution in [0.4, 0.5) is 11.6 Å². The number of ether oxygens (including phenoxy) is 2. The number of carbonyl (C=O) groups is 3. The lowest BCUT2D eigenvalue weighted by Gasteiger charge is -2.31. The van der Waals surface area contributed by atoms with Gasteiger partial charge in [-0.3, -0.25) is 24.2 Å². The van der Waals surface area contributed by atoms with Crippen molar-refractivity contribution in [3.05, 3.63) is 46.8 Å². The Morgan fingerprint density at radius 1 is 0.750 bits per heavy atom. The van der Waals surface area contributed by atoms with Crippen molar-refractivity contribution in [1.29, 1.82) is 0 Å². The van der Waals surface area contributed by atoms with Crippen LogP contribution in [0.2, 0.25) is 0 Å². The Bertz CT molecular complexity index is 1440. The van der Waals surface area contributed by atoms with Crippen molar-refractivity contribution in [3.8, 4) is 0 Å². The number of anilines is 2. The lowest BCUT2D eigenvalue weighted by Crippen LogP contribution is -2.44. The van der Waals surface area contributed by atoms with Crippen LogP contribution >= 0.6 is 0 Å². The Morgan fingerprint density at radius 3 is 1.75 bits per heavy atom. The summed E-state index contributed by atoms with van der Waals surface area (Å²) < 4.78 is 9.83. The van der Waals surface area contributed by atoms with E-state index in [1.807, 2.05) is 11.8 Å². The Hall–Kier alpha value is -3.65. The number of piperidine rings is 2. The minimum absolute atomic E-state index is 0. The highest BCUT2D eigenvalue weighted by Crippen LogP contribution is 2.21. The van der Waals surface area contributed by atoms with Crippen LogP contribution in [0.3, 0.4) is 0 Å². The highest BCUT2D eigenvalue weighted by atomic mass is 16.5. The van der Waals surface area contributed by atoms with Crippen LogP contribution in [0.1, 0.15) is 108 Å². The molecular weight excluding hydrogens is 709 g/mol. The molecule has 0 amide bonds. The summed E-state index contributed by atoms with van der Waals surface area (Å²) in [7, 11) is 0. The molecule has 4 aliphatic heterocycles. The topological polar surface area (TPSA) is 164 Å². The fraction of sp³-hybridized carbons (Fsp3) is 0.698. The van der Waals surface area contributed by atoms with Crippen LogP contribution in [0.5, 0.6) is 0 Å². The lowest BCUT2D eigenvalue weighted by molar-refractivity contribution is -0.145. The fourth-order valence-electron chi connectivity index (χ4n) is 7.24. The van der Waals surface area contributed by atoms with Crippen LogP contribution in [0, 0.1) is 0 Å². The first-order chi connectivity index (χ1) is 26.9. The van der Waals surface area contributed by atoms with E-state index in [0.717, 1.165) is 95.9 Å². The number of rotatable bonds is 16. The SMILES string of the molecule is C.CCOC(=O)CN1CCC(=O)CC1.CCOC(=O)CN1CCC(NCCCCc2ccc3c(n2)NCCC3)CC1.NCCCCc1ccc2c(n1)NCCC2. The van der Waals surface area contributed by atoms with Gasteiger partial charge in [0.05, 0.1) is 26.3 Å². The van der Waals surface area contributed by atoms with Crippen molar-refractivity contribution in [1.82, 2.24) is 25.1 Å². The van der Waals surface area contributed by atoms with Gasteiger partial charge in [0.1, 0.15) is 17.4 Å². The quantitative estimate of drug-likeness (QED) is 0.134. The summed E-state index contributed by atoms with van der Waals surface area (Å²) in [6.45, 7) is 12.6. The van der Waals surface area contributed by atoms with Crippen molar-refractivity contribution in [2.24, 2.45) is 5.73 Å². The van der Waals surface area contributed by atoms with E-state index in [0.29, 0.717) is 64.1 Å². The zero-order valence-corrected chi connectivity index (χ0v) is 33.7. The molecule has 56 heavy (non-hydrogen) atoms. The second kappa shape index (κ2) is 27.1. The molecule has 2 aromatic rings. The molecule has 0 bridgehead atoms. The molecule has 0 radical (unpaired) electrons. The summed E-state index contributed by atoms with van der Waals surface area (Å²) in [5.74, 6) is 2.20. The van der Waals surface area contributed by atoms with Gasteiger partial charge in [-0.1, -0.05) is 19.6 Å². The molecule has 2 fully saturated rings. The largest absolute Gasteiger partial charge is 0.465 e. The number of carbonyl (C=O) groups excluding carboxylic acids is 3. The number of nitrogens with two attached hydrogens (primary N) is 1. The number of Topliss-reactive ketones (excluding diaryl/α,β-unsaturated/α-hetero) is 1. The Balaban J connectivity index is 0.000000245. The molecule has 0 aromatic carbocycles. The third-order valence-electron chi connectivity index (χ3n) is 10.4. The van der Waals surface area contributed by atoms with Gasteiger partial charge >= 0.3 is 11.9 Å². The third kappa shape index (κ3) is 17.7. The Morgan fingerprint density at radius 2 is 1.25 bits per heavy atom. The molecule has 0 spiro atoms. The van der Waals surface area contributed by atoms with Crippen LogP contribution < -0.4 is 21.7 Å². The number of nitrogens with one attached hydrogen (secondary N) is 3.